The molecule has 1 unspecified atom stereocenters. The number of phenols is 1. The lowest BCUT2D eigenvalue weighted by Crippen LogP contribution is -2.27. The molecule has 0 aliphatic heterocycles. The maximum Gasteiger partial charge on any atom is 0.313 e. The van der Waals surface area contributed by atoms with Crippen LogP contribution in [0.3, 0.4) is 0 Å². The van der Waals surface area contributed by atoms with Crippen LogP contribution < -0.4 is 4.74 Å². The minimum Gasteiger partial charge on any atom is -0.508 e. The Morgan fingerprint density at radius 1 is 0.812 bits per heavy atom. The Labute approximate surface area is 195 Å². The highest BCUT2D eigenvalue weighted by Crippen LogP contribution is 2.63. The van der Waals surface area contributed by atoms with Crippen molar-refractivity contribution in [3.05, 3.63) is 58.7 Å². The summed E-state index contributed by atoms with van der Waals surface area (Å²) in [6.07, 6.45) is 1.97. The second-order valence-corrected chi connectivity index (χ2v) is 10.2. The number of carbonyl (C=O) groups is 1. The second kappa shape index (κ2) is 9.29. The number of phenolic OH excluding ortho intramolecular Hbond substituents is 1. The van der Waals surface area contributed by atoms with Crippen LogP contribution >= 0.6 is 0 Å². The van der Waals surface area contributed by atoms with Crippen LogP contribution in [0.15, 0.2) is 36.4 Å². The molecule has 2 aromatic carbocycles. The first-order chi connectivity index (χ1) is 15.0. The smallest absolute Gasteiger partial charge is 0.313 e. The number of hydrogen-bond donors (Lipinski definition) is 1. The zero-order valence-corrected chi connectivity index (χ0v) is 21.7. The number of esters is 1. The van der Waals surface area contributed by atoms with Crippen LogP contribution in [0, 0.1) is 5.92 Å². The van der Waals surface area contributed by atoms with Crippen molar-refractivity contribution in [2.45, 2.75) is 98.3 Å². The van der Waals surface area contributed by atoms with Crippen LogP contribution in [0.4, 0.5) is 0 Å². The van der Waals surface area contributed by atoms with Gasteiger partial charge in [-0.2, -0.15) is 0 Å². The summed E-state index contributed by atoms with van der Waals surface area (Å²) in [5.41, 5.74) is 4.93. The molecule has 0 radical (unpaired) electrons. The first-order valence-electron chi connectivity index (χ1n) is 12.2. The zero-order valence-electron chi connectivity index (χ0n) is 21.7. The van der Waals surface area contributed by atoms with Crippen molar-refractivity contribution in [2.24, 2.45) is 5.92 Å². The van der Waals surface area contributed by atoms with E-state index in [1.54, 1.807) is 6.07 Å². The van der Waals surface area contributed by atoms with Crippen LogP contribution in [-0.2, 0) is 21.0 Å². The number of aromatic hydroxyl groups is 1. The largest absolute Gasteiger partial charge is 0.508 e. The van der Waals surface area contributed by atoms with E-state index in [0.717, 1.165) is 12.8 Å². The summed E-state index contributed by atoms with van der Waals surface area (Å²) in [7, 11) is 0. The van der Waals surface area contributed by atoms with Crippen LogP contribution in [-0.4, -0.2) is 11.1 Å². The molecular formula is C29H42O3. The molecule has 1 spiro atoms. The summed E-state index contributed by atoms with van der Waals surface area (Å²) in [6.45, 7) is 20.8. The maximum atomic E-state index is 12.1. The van der Waals surface area contributed by atoms with Crippen molar-refractivity contribution in [1.29, 1.82) is 0 Å². The molecule has 0 saturated heterocycles. The average Bonchev–Trinajstić information content (AvgIpc) is 3.10. The van der Waals surface area contributed by atoms with E-state index in [4.69, 9.17) is 4.74 Å². The fourth-order valence-electron chi connectivity index (χ4n) is 5.61. The number of rotatable bonds is 2. The normalized spacial score (nSPS) is 21.1. The fourth-order valence-corrected chi connectivity index (χ4v) is 5.61. The van der Waals surface area contributed by atoms with Gasteiger partial charge in [-0.15, -0.1) is 0 Å². The van der Waals surface area contributed by atoms with Crippen molar-refractivity contribution >= 4 is 5.97 Å². The van der Waals surface area contributed by atoms with Gasteiger partial charge in [-0.1, -0.05) is 81.4 Å². The molecule has 0 saturated carbocycles. The molecule has 1 N–H and O–H groups in total. The standard InChI is InChI=1S/C25H30O3.2C2H6/c1-15(2)22(27)28-17-8-10-19-21(12-17)25(14-24(19,5)6)13-23(3,4)18-9-7-16(26)11-20(18)25;2*1-2/h7-12,15,26H,13-14H2,1-6H3;2*1-2H3. The van der Waals surface area contributed by atoms with E-state index in [1.807, 2.05) is 53.7 Å². The third kappa shape index (κ3) is 4.31. The fraction of sp³-hybridized carbons (Fsp3) is 0.552. The molecule has 3 nitrogen and oxygen atoms in total. The van der Waals surface area contributed by atoms with Crippen LogP contribution in [0.1, 0.15) is 104 Å². The third-order valence-corrected chi connectivity index (χ3v) is 6.66. The lowest BCUT2D eigenvalue weighted by Gasteiger charge is -2.30. The Kier molecular flexibility index (Phi) is 7.54. The Hall–Kier alpha value is -2.29. The average molecular weight is 439 g/mol. The summed E-state index contributed by atoms with van der Waals surface area (Å²) in [6, 6.07) is 11.9. The van der Waals surface area contributed by atoms with Gasteiger partial charge in [-0.05, 0) is 70.2 Å². The Morgan fingerprint density at radius 3 is 1.78 bits per heavy atom. The molecule has 2 aliphatic carbocycles. The topological polar surface area (TPSA) is 46.5 Å². The van der Waals surface area contributed by atoms with Crippen molar-refractivity contribution in [1.82, 2.24) is 0 Å². The molecule has 1 atom stereocenters. The van der Waals surface area contributed by atoms with Gasteiger partial charge < -0.3 is 9.84 Å². The van der Waals surface area contributed by atoms with Gasteiger partial charge >= 0.3 is 5.97 Å². The Morgan fingerprint density at radius 2 is 1.28 bits per heavy atom. The van der Waals surface area contributed by atoms with E-state index >= 15 is 0 Å². The van der Waals surface area contributed by atoms with E-state index < -0.39 is 0 Å². The molecule has 0 amide bonds. The number of hydrogen-bond acceptors (Lipinski definition) is 3. The number of benzene rings is 2. The van der Waals surface area contributed by atoms with Crippen LogP contribution in [0.25, 0.3) is 0 Å². The molecule has 0 heterocycles. The first-order valence-corrected chi connectivity index (χ1v) is 12.2. The quantitative estimate of drug-likeness (QED) is 0.387. The number of ether oxygens (including phenoxy) is 1. The van der Waals surface area contributed by atoms with Gasteiger partial charge in [0.15, 0.2) is 0 Å². The minimum absolute atomic E-state index is 0.0130. The van der Waals surface area contributed by atoms with E-state index in [0.29, 0.717) is 11.5 Å². The monoisotopic (exact) mass is 438 g/mol. The van der Waals surface area contributed by atoms with Crippen molar-refractivity contribution in [3.63, 3.8) is 0 Å². The predicted molar refractivity (Wildman–Crippen MR) is 134 cm³/mol. The summed E-state index contributed by atoms with van der Waals surface area (Å²) >= 11 is 0. The van der Waals surface area contributed by atoms with Crippen LogP contribution in [0.5, 0.6) is 11.5 Å². The predicted octanol–water partition coefficient (Wildman–Crippen LogP) is 7.65. The molecule has 2 aromatic rings. The molecule has 3 heteroatoms. The molecular weight excluding hydrogens is 396 g/mol. The molecule has 2 aliphatic rings. The van der Waals surface area contributed by atoms with Crippen molar-refractivity contribution in [3.8, 4) is 11.5 Å². The minimum atomic E-state index is -0.212. The summed E-state index contributed by atoms with van der Waals surface area (Å²) in [4.78, 5) is 12.1. The van der Waals surface area contributed by atoms with Crippen LogP contribution in [0.2, 0.25) is 0 Å². The van der Waals surface area contributed by atoms with Gasteiger partial charge in [-0.25, -0.2) is 0 Å². The highest BCUT2D eigenvalue weighted by atomic mass is 16.5. The Bertz CT molecular complexity index is 964. The lowest BCUT2D eigenvalue weighted by atomic mass is 9.72. The lowest BCUT2D eigenvalue weighted by molar-refractivity contribution is -0.137. The third-order valence-electron chi connectivity index (χ3n) is 6.66. The second-order valence-electron chi connectivity index (χ2n) is 10.2. The molecule has 4 rings (SSSR count). The van der Waals surface area contributed by atoms with Gasteiger partial charge in [0.2, 0.25) is 0 Å². The number of fused-ring (bicyclic) bond motifs is 4. The van der Waals surface area contributed by atoms with Gasteiger partial charge in [0.05, 0.1) is 5.92 Å². The molecule has 0 fully saturated rings. The molecule has 32 heavy (non-hydrogen) atoms. The summed E-state index contributed by atoms with van der Waals surface area (Å²) in [5, 5.41) is 10.3. The molecule has 0 bridgehead atoms. The maximum absolute atomic E-state index is 12.1. The van der Waals surface area contributed by atoms with Gasteiger partial charge in [0.25, 0.3) is 0 Å². The van der Waals surface area contributed by atoms with Gasteiger partial charge in [0, 0.05) is 5.41 Å². The van der Waals surface area contributed by atoms with E-state index in [2.05, 4.69) is 45.9 Å². The van der Waals surface area contributed by atoms with Gasteiger partial charge in [-0.3, -0.25) is 4.79 Å². The van der Waals surface area contributed by atoms with Crippen molar-refractivity contribution in [2.75, 3.05) is 0 Å². The van der Waals surface area contributed by atoms with E-state index in [-0.39, 0.29) is 28.1 Å². The van der Waals surface area contributed by atoms with E-state index in [1.165, 1.54) is 22.3 Å². The van der Waals surface area contributed by atoms with Gasteiger partial charge in [0.1, 0.15) is 11.5 Å². The first kappa shape index (κ1) is 26.0. The summed E-state index contributed by atoms with van der Waals surface area (Å²) < 4.78 is 5.65. The summed E-state index contributed by atoms with van der Waals surface area (Å²) in [5.74, 6) is 0.545. The SMILES string of the molecule is CC.CC.CC(C)C(=O)Oc1ccc2c(c1)C1(CC(C)(C)c3ccc(O)cc31)CC2(C)C. The molecule has 176 valence electrons. The number of carbonyl (C=O) groups excluding carboxylic acids is 1. The molecule has 0 aromatic heterocycles. The Balaban J connectivity index is 0.000000860. The van der Waals surface area contributed by atoms with Crippen molar-refractivity contribution < 1.29 is 14.6 Å². The highest BCUT2D eigenvalue weighted by Gasteiger charge is 2.56. The highest BCUT2D eigenvalue weighted by molar-refractivity contribution is 5.74. The van der Waals surface area contributed by atoms with E-state index in [9.17, 15) is 9.90 Å². The zero-order chi connectivity index (χ0) is 24.5.